The zero-order valence-electron chi connectivity index (χ0n) is 16.1. The molecule has 0 N–H and O–H groups in total. The largest absolute Gasteiger partial charge is 0.469 e. The molecular formula is C20H24N2O5. The maximum absolute atomic E-state index is 12.9. The first-order chi connectivity index (χ1) is 12.6. The zero-order valence-corrected chi connectivity index (χ0v) is 16.1. The Morgan fingerprint density at radius 3 is 2.41 bits per heavy atom. The van der Waals surface area contributed by atoms with E-state index in [2.05, 4.69) is 0 Å². The molecule has 1 unspecified atom stereocenters. The summed E-state index contributed by atoms with van der Waals surface area (Å²) in [5.74, 6) is -1.63. The van der Waals surface area contributed by atoms with E-state index < -0.39 is 5.54 Å². The number of ether oxygens (including phenoxy) is 1. The fourth-order valence-electron chi connectivity index (χ4n) is 3.69. The quantitative estimate of drug-likeness (QED) is 0.586. The van der Waals surface area contributed by atoms with Crippen LogP contribution in [0, 0.1) is 5.92 Å². The Morgan fingerprint density at radius 2 is 1.78 bits per heavy atom. The first-order valence-electron chi connectivity index (χ1n) is 9.05. The molecule has 2 aliphatic heterocycles. The molecule has 1 atom stereocenters. The fraction of sp³-hybridized carbons (Fsp3) is 0.500. The van der Waals surface area contributed by atoms with Crippen molar-refractivity contribution in [1.82, 2.24) is 9.80 Å². The molecule has 3 rings (SSSR count). The van der Waals surface area contributed by atoms with Crippen molar-refractivity contribution in [2.75, 3.05) is 20.2 Å². The average molecular weight is 372 g/mol. The van der Waals surface area contributed by atoms with Gasteiger partial charge in [-0.1, -0.05) is 0 Å². The Labute approximate surface area is 158 Å². The molecule has 0 aromatic heterocycles. The van der Waals surface area contributed by atoms with E-state index in [9.17, 15) is 19.2 Å². The Kier molecular flexibility index (Phi) is 4.80. The lowest BCUT2D eigenvalue weighted by Crippen LogP contribution is -2.45. The number of fused-ring (bicyclic) bond motifs is 1. The number of imide groups is 1. The highest BCUT2D eigenvalue weighted by molar-refractivity contribution is 6.22. The number of amides is 3. The number of carbonyl (C=O) groups is 4. The molecule has 0 saturated carbocycles. The summed E-state index contributed by atoms with van der Waals surface area (Å²) < 4.78 is 4.79. The molecule has 0 bridgehead atoms. The highest BCUT2D eigenvalue weighted by atomic mass is 16.5. The maximum Gasteiger partial charge on any atom is 0.310 e. The summed E-state index contributed by atoms with van der Waals surface area (Å²) in [5, 5.41) is 0. The van der Waals surface area contributed by atoms with Crippen LogP contribution in [0.4, 0.5) is 0 Å². The van der Waals surface area contributed by atoms with E-state index in [0.29, 0.717) is 37.1 Å². The minimum Gasteiger partial charge on any atom is -0.469 e. The standard InChI is InChI=1S/C20H24N2O5/c1-20(2,3)22-17(24)14-8-7-12(10-15(14)18(22)25)16(23)21-9-5-6-13(11-21)19(26)27-4/h7-8,10,13H,5-6,9,11H2,1-4H3. The number of nitrogens with zero attached hydrogens (tertiary/aromatic N) is 2. The van der Waals surface area contributed by atoms with Crippen LogP contribution in [-0.2, 0) is 9.53 Å². The number of benzene rings is 1. The molecule has 1 fully saturated rings. The van der Waals surface area contributed by atoms with Crippen molar-refractivity contribution in [3.8, 4) is 0 Å². The Balaban J connectivity index is 1.85. The third kappa shape index (κ3) is 3.34. The normalized spacial score (nSPS) is 19.9. The predicted octanol–water partition coefficient (Wildman–Crippen LogP) is 2.11. The number of rotatable bonds is 2. The molecule has 1 aromatic carbocycles. The monoisotopic (exact) mass is 372 g/mol. The van der Waals surface area contributed by atoms with Crippen molar-refractivity contribution in [3.05, 3.63) is 34.9 Å². The number of esters is 1. The lowest BCUT2D eigenvalue weighted by atomic mass is 9.97. The average Bonchev–Trinajstić information content (AvgIpc) is 2.90. The van der Waals surface area contributed by atoms with Crippen LogP contribution in [0.25, 0.3) is 0 Å². The number of carbonyl (C=O) groups excluding carboxylic acids is 4. The summed E-state index contributed by atoms with van der Waals surface area (Å²) >= 11 is 0. The second kappa shape index (κ2) is 6.79. The summed E-state index contributed by atoms with van der Waals surface area (Å²) in [4.78, 5) is 52.8. The van der Waals surface area contributed by atoms with Gasteiger partial charge in [0.15, 0.2) is 0 Å². The SMILES string of the molecule is COC(=O)C1CCCN(C(=O)c2ccc3c(c2)C(=O)N(C(C)(C)C)C3=O)C1. The Bertz CT molecular complexity index is 824. The van der Waals surface area contributed by atoms with Gasteiger partial charge in [0.1, 0.15) is 0 Å². The summed E-state index contributed by atoms with van der Waals surface area (Å²) in [6.45, 7) is 6.22. The lowest BCUT2D eigenvalue weighted by molar-refractivity contribution is -0.146. The van der Waals surface area contributed by atoms with Crippen LogP contribution in [0.1, 0.15) is 64.7 Å². The van der Waals surface area contributed by atoms with Crippen LogP contribution in [0.2, 0.25) is 0 Å². The number of piperidine rings is 1. The van der Waals surface area contributed by atoms with Gasteiger partial charge in [0.05, 0.1) is 24.2 Å². The van der Waals surface area contributed by atoms with Gasteiger partial charge in [-0.3, -0.25) is 24.1 Å². The Hall–Kier alpha value is -2.70. The van der Waals surface area contributed by atoms with Gasteiger partial charge in [-0.15, -0.1) is 0 Å². The van der Waals surface area contributed by atoms with Gasteiger partial charge in [-0.05, 0) is 51.8 Å². The van der Waals surface area contributed by atoms with Crippen molar-refractivity contribution >= 4 is 23.7 Å². The second-order valence-electron chi connectivity index (χ2n) is 7.99. The Morgan fingerprint density at radius 1 is 1.11 bits per heavy atom. The summed E-state index contributed by atoms with van der Waals surface area (Å²) in [6.07, 6.45) is 1.40. The number of hydrogen-bond acceptors (Lipinski definition) is 5. The zero-order chi connectivity index (χ0) is 19.9. The van der Waals surface area contributed by atoms with E-state index >= 15 is 0 Å². The number of likely N-dealkylation sites (tertiary alicyclic amines) is 1. The molecule has 0 aliphatic carbocycles. The lowest BCUT2D eigenvalue weighted by Gasteiger charge is -2.31. The van der Waals surface area contributed by atoms with Crippen molar-refractivity contribution in [2.45, 2.75) is 39.2 Å². The minimum absolute atomic E-state index is 0.249. The van der Waals surface area contributed by atoms with Crippen LogP contribution >= 0.6 is 0 Å². The topological polar surface area (TPSA) is 84.0 Å². The van der Waals surface area contributed by atoms with Crippen molar-refractivity contribution < 1.29 is 23.9 Å². The van der Waals surface area contributed by atoms with E-state index in [-0.39, 0.29) is 35.2 Å². The predicted molar refractivity (Wildman–Crippen MR) is 97.3 cm³/mol. The van der Waals surface area contributed by atoms with Crippen molar-refractivity contribution in [2.24, 2.45) is 5.92 Å². The van der Waals surface area contributed by atoms with Crippen molar-refractivity contribution in [1.29, 1.82) is 0 Å². The number of methoxy groups -OCH3 is 1. The van der Waals surface area contributed by atoms with Crippen LogP contribution in [-0.4, -0.2) is 59.2 Å². The van der Waals surface area contributed by atoms with Crippen LogP contribution < -0.4 is 0 Å². The van der Waals surface area contributed by atoms with Gasteiger partial charge in [0.2, 0.25) is 0 Å². The minimum atomic E-state index is -0.641. The van der Waals surface area contributed by atoms with Gasteiger partial charge >= 0.3 is 5.97 Å². The van der Waals surface area contributed by atoms with Gasteiger partial charge in [-0.2, -0.15) is 0 Å². The second-order valence-corrected chi connectivity index (χ2v) is 7.99. The first-order valence-corrected chi connectivity index (χ1v) is 9.05. The summed E-state index contributed by atoms with van der Waals surface area (Å²) in [7, 11) is 1.34. The van der Waals surface area contributed by atoms with E-state index in [0.717, 1.165) is 0 Å². The van der Waals surface area contributed by atoms with Gasteiger partial charge in [-0.25, -0.2) is 0 Å². The molecule has 2 aliphatic rings. The van der Waals surface area contributed by atoms with Gasteiger partial charge < -0.3 is 9.64 Å². The molecule has 0 spiro atoms. The molecule has 7 heteroatoms. The maximum atomic E-state index is 12.9. The fourth-order valence-corrected chi connectivity index (χ4v) is 3.69. The molecule has 3 amide bonds. The van der Waals surface area contributed by atoms with E-state index in [1.54, 1.807) is 31.7 Å². The highest BCUT2D eigenvalue weighted by Gasteiger charge is 2.42. The van der Waals surface area contributed by atoms with Gasteiger partial charge in [0, 0.05) is 24.2 Å². The van der Waals surface area contributed by atoms with Crippen LogP contribution in [0.15, 0.2) is 18.2 Å². The van der Waals surface area contributed by atoms with Crippen molar-refractivity contribution in [3.63, 3.8) is 0 Å². The molecule has 7 nitrogen and oxygen atoms in total. The first kappa shape index (κ1) is 19.1. The molecule has 2 heterocycles. The molecular weight excluding hydrogens is 348 g/mol. The molecule has 27 heavy (non-hydrogen) atoms. The van der Waals surface area contributed by atoms with E-state index in [1.165, 1.54) is 24.1 Å². The molecule has 144 valence electrons. The van der Waals surface area contributed by atoms with Gasteiger partial charge in [0.25, 0.3) is 17.7 Å². The van der Waals surface area contributed by atoms with E-state index in [4.69, 9.17) is 4.74 Å². The van der Waals surface area contributed by atoms with Crippen LogP contribution in [0.3, 0.4) is 0 Å². The van der Waals surface area contributed by atoms with E-state index in [1.807, 2.05) is 0 Å². The number of hydrogen-bond donors (Lipinski definition) is 0. The van der Waals surface area contributed by atoms with Crippen LogP contribution in [0.5, 0.6) is 0 Å². The summed E-state index contributed by atoms with van der Waals surface area (Å²) in [6, 6.07) is 4.60. The third-order valence-electron chi connectivity index (χ3n) is 5.05. The smallest absolute Gasteiger partial charge is 0.310 e. The molecule has 1 saturated heterocycles. The molecule has 0 radical (unpaired) electrons. The molecule has 1 aromatic rings. The third-order valence-corrected chi connectivity index (χ3v) is 5.05. The summed E-state index contributed by atoms with van der Waals surface area (Å²) in [5.41, 5.74) is 0.272. The highest BCUT2D eigenvalue weighted by Crippen LogP contribution is 2.30.